The standard InChI is InChI=1S/C19H18O2Si.2C10H17NO.2Ga/c1-22(17-5-3-2-4-6-17,18-11-7-15(20)8-12-18)19-13-9-16(21)10-14-19;2*1-7-5-6-8-3-2-4-9(12)10(8)11-7;;/h2-14,20-21H,1H3;2*7-10H,2-6H2,1H3;;/q;2*-2;2*+3/p-2. The Hall–Kier alpha value is -1.41. The Bertz CT molecular complexity index is 1490. The van der Waals surface area contributed by atoms with Crippen molar-refractivity contribution in [3.63, 3.8) is 0 Å². The third-order valence-electron chi connectivity index (χ3n) is 13.2. The van der Waals surface area contributed by atoms with Crippen molar-refractivity contribution in [1.29, 1.82) is 0 Å². The molecule has 4 aliphatic heterocycles. The minimum absolute atomic E-state index is 0.393. The fourth-order valence-corrected chi connectivity index (χ4v) is 25.0. The van der Waals surface area contributed by atoms with Gasteiger partial charge < -0.3 is 0 Å². The van der Waals surface area contributed by atoms with Crippen LogP contribution < -0.4 is 22.6 Å². The molecule has 0 radical (unpaired) electrons. The van der Waals surface area contributed by atoms with Crippen LogP contribution in [0.5, 0.6) is 11.5 Å². The zero-order chi connectivity index (χ0) is 32.4. The van der Waals surface area contributed by atoms with Crippen LogP contribution in [0.3, 0.4) is 0 Å². The molecule has 2 saturated carbocycles. The zero-order valence-corrected chi connectivity index (χ0v) is 34.7. The van der Waals surface area contributed by atoms with Gasteiger partial charge in [0.2, 0.25) is 0 Å². The van der Waals surface area contributed by atoms with Crippen molar-refractivity contribution in [1.82, 2.24) is 7.21 Å². The van der Waals surface area contributed by atoms with Crippen molar-refractivity contribution >= 4 is 58.0 Å². The quantitative estimate of drug-likeness (QED) is 0.230. The summed E-state index contributed by atoms with van der Waals surface area (Å²) in [5.41, 5.74) is 0. The topological polar surface area (TPSA) is 43.4 Å². The molecule has 9 heteroatoms. The van der Waals surface area contributed by atoms with E-state index in [0.29, 0.717) is 36.4 Å². The van der Waals surface area contributed by atoms with Gasteiger partial charge in [-0.25, -0.2) is 0 Å². The van der Waals surface area contributed by atoms with Gasteiger partial charge >= 0.3 is 303 Å². The summed E-state index contributed by atoms with van der Waals surface area (Å²) in [6.45, 7) is 7.28. The normalized spacial score (nSPS) is 34.3. The first-order valence-corrected chi connectivity index (χ1v) is 27.6. The Morgan fingerprint density at radius 2 is 1.00 bits per heavy atom. The molecule has 8 atom stereocenters. The second-order valence-electron chi connectivity index (χ2n) is 15.8. The Kier molecular flexibility index (Phi) is 9.00. The molecule has 3 aromatic carbocycles. The molecule has 0 amide bonds. The molecule has 0 aromatic heterocycles. The molecule has 2 aliphatic carbocycles. The van der Waals surface area contributed by atoms with E-state index in [2.05, 4.69) is 106 Å². The molecule has 4 saturated heterocycles. The third kappa shape index (κ3) is 5.64. The average Bonchev–Trinajstić information content (AvgIpc) is 3.69. The van der Waals surface area contributed by atoms with Gasteiger partial charge in [-0.1, -0.05) is 0 Å². The fraction of sp³-hybridized carbons (Fsp3) is 0.538. The predicted molar refractivity (Wildman–Crippen MR) is 196 cm³/mol. The molecule has 0 spiro atoms. The van der Waals surface area contributed by atoms with Crippen LogP contribution in [0.2, 0.25) is 6.55 Å². The van der Waals surface area contributed by atoms with E-state index in [0.717, 1.165) is 23.3 Å². The Balaban J connectivity index is 0.956. The average molecular weight is 778 g/mol. The first-order chi connectivity index (χ1) is 23.5. The summed E-state index contributed by atoms with van der Waals surface area (Å²) in [6.07, 6.45) is 13.8. The van der Waals surface area contributed by atoms with Gasteiger partial charge in [0.25, 0.3) is 0 Å². The summed E-state index contributed by atoms with van der Waals surface area (Å²) in [5.74, 6) is 3.55. The van der Waals surface area contributed by atoms with Gasteiger partial charge in [0.05, 0.1) is 0 Å². The molecule has 8 unspecified atom stereocenters. The van der Waals surface area contributed by atoms with Gasteiger partial charge in [-0.3, -0.25) is 0 Å². The van der Waals surface area contributed by atoms with E-state index in [1.165, 1.54) is 79.8 Å². The van der Waals surface area contributed by atoms with Crippen molar-refractivity contribution in [2.24, 2.45) is 11.8 Å². The maximum absolute atomic E-state index is 6.83. The molecule has 9 rings (SSSR count). The number of rotatable bonds is 7. The van der Waals surface area contributed by atoms with Crippen LogP contribution in [0.15, 0.2) is 78.9 Å². The maximum atomic E-state index is 6.83. The van der Waals surface area contributed by atoms with Crippen LogP contribution >= 0.6 is 0 Å². The molecule has 0 bridgehead atoms. The molecular formula is C39H50Ga2N2O4Si. The second-order valence-corrected chi connectivity index (χ2v) is 27.0. The summed E-state index contributed by atoms with van der Waals surface area (Å²) in [5, 5.41) is 4.20. The van der Waals surface area contributed by atoms with Crippen molar-refractivity contribution in [3.05, 3.63) is 78.9 Å². The van der Waals surface area contributed by atoms with Crippen molar-refractivity contribution in [2.45, 2.75) is 121 Å². The molecule has 6 nitrogen and oxygen atoms in total. The number of nitrogens with zero attached hydrogens (tertiary/aromatic N) is 2. The second kappa shape index (κ2) is 13.3. The zero-order valence-electron chi connectivity index (χ0n) is 28.9. The third-order valence-corrected chi connectivity index (χ3v) is 27.7. The fourth-order valence-electron chi connectivity index (χ4n) is 10.6. The summed E-state index contributed by atoms with van der Waals surface area (Å²) < 4.78 is 32.7. The van der Waals surface area contributed by atoms with Gasteiger partial charge in [-0.15, -0.1) is 0 Å². The van der Waals surface area contributed by atoms with Crippen LogP contribution in [0.1, 0.15) is 78.1 Å². The summed E-state index contributed by atoms with van der Waals surface area (Å²) >= 11 is -5.13. The molecule has 250 valence electrons. The van der Waals surface area contributed by atoms with Crippen LogP contribution in [0.25, 0.3) is 0 Å². The summed E-state index contributed by atoms with van der Waals surface area (Å²) in [4.78, 5) is 0. The van der Waals surface area contributed by atoms with Gasteiger partial charge in [0, 0.05) is 0 Å². The SMILES string of the molecule is CC1CCC2CCCC3[O][Ga]([O]c4ccc([Si](C)(c5ccccc5)c5ccc([O][Ga]6[O]C7CCCC8CCC(C)[N]6C87)cc5)cc4)[N]1C23. The van der Waals surface area contributed by atoms with E-state index >= 15 is 0 Å². The Morgan fingerprint density at radius 1 is 0.562 bits per heavy atom. The van der Waals surface area contributed by atoms with E-state index in [-0.39, 0.29) is 0 Å². The van der Waals surface area contributed by atoms with Crippen molar-refractivity contribution < 1.29 is 14.1 Å². The number of benzene rings is 3. The summed E-state index contributed by atoms with van der Waals surface area (Å²) in [6, 6.07) is 31.7. The van der Waals surface area contributed by atoms with Crippen LogP contribution in [-0.2, 0) is 7.06 Å². The molecular weight excluding hydrogens is 728 g/mol. The first kappa shape index (κ1) is 32.5. The Morgan fingerprint density at radius 3 is 1.46 bits per heavy atom. The van der Waals surface area contributed by atoms with Crippen LogP contribution in [-0.4, -0.2) is 86.0 Å². The van der Waals surface area contributed by atoms with E-state index < -0.39 is 42.4 Å². The van der Waals surface area contributed by atoms with Crippen molar-refractivity contribution in [3.8, 4) is 11.5 Å². The number of hydrogen-bond acceptors (Lipinski definition) is 6. The number of piperidine rings is 2. The van der Waals surface area contributed by atoms with E-state index in [1.807, 2.05) is 0 Å². The van der Waals surface area contributed by atoms with E-state index in [1.54, 1.807) is 0 Å². The van der Waals surface area contributed by atoms with Gasteiger partial charge in [0.1, 0.15) is 0 Å². The predicted octanol–water partition coefficient (Wildman–Crippen LogP) is 5.62. The monoisotopic (exact) mass is 776 g/mol. The minimum atomic E-state index is -2.56. The first-order valence-electron chi connectivity index (χ1n) is 18.9. The van der Waals surface area contributed by atoms with Gasteiger partial charge in [-0.05, 0) is 0 Å². The molecule has 4 heterocycles. The molecule has 3 aromatic rings. The van der Waals surface area contributed by atoms with E-state index in [9.17, 15) is 0 Å². The van der Waals surface area contributed by atoms with Crippen LogP contribution in [0, 0.1) is 11.8 Å². The Labute approximate surface area is 300 Å². The summed E-state index contributed by atoms with van der Waals surface area (Å²) in [7, 11) is -2.29. The molecule has 6 fully saturated rings. The molecule has 6 aliphatic rings. The molecule has 0 N–H and O–H groups in total. The van der Waals surface area contributed by atoms with Gasteiger partial charge in [0.15, 0.2) is 0 Å². The number of hydrogen-bond donors (Lipinski definition) is 0. The van der Waals surface area contributed by atoms with Crippen LogP contribution in [0.4, 0.5) is 0 Å². The van der Waals surface area contributed by atoms with Crippen molar-refractivity contribution in [2.75, 3.05) is 0 Å². The van der Waals surface area contributed by atoms with Gasteiger partial charge in [-0.2, -0.15) is 0 Å². The van der Waals surface area contributed by atoms with E-state index in [4.69, 9.17) is 14.1 Å². The molecule has 48 heavy (non-hydrogen) atoms.